The molecule has 0 aliphatic heterocycles. The minimum Gasteiger partial charge on any atom is -0.345 e. The Bertz CT molecular complexity index is 913. The molecule has 0 atom stereocenters. The summed E-state index contributed by atoms with van der Waals surface area (Å²) < 4.78 is 29.2. The SMILES string of the molecule is Fc1c(CNCCC2CCCCC2)ccc(-c2ccc3[nH]cnc3c2)c1F. The van der Waals surface area contributed by atoms with Crippen molar-refractivity contribution < 1.29 is 8.78 Å². The molecular formula is C22H25F2N3. The van der Waals surface area contributed by atoms with Crippen molar-refractivity contribution in [3.63, 3.8) is 0 Å². The third-order valence-corrected chi connectivity index (χ3v) is 5.66. The van der Waals surface area contributed by atoms with Gasteiger partial charge in [-0.3, -0.25) is 0 Å². The summed E-state index contributed by atoms with van der Waals surface area (Å²) in [6, 6.07) is 8.71. The second-order valence-corrected chi connectivity index (χ2v) is 7.50. The number of hydrogen-bond donors (Lipinski definition) is 2. The average Bonchev–Trinajstić information content (AvgIpc) is 3.17. The zero-order valence-corrected chi connectivity index (χ0v) is 15.4. The van der Waals surface area contributed by atoms with E-state index in [2.05, 4.69) is 15.3 Å². The first-order chi connectivity index (χ1) is 13.2. The molecule has 0 spiro atoms. The van der Waals surface area contributed by atoms with Gasteiger partial charge in [-0.2, -0.15) is 0 Å². The van der Waals surface area contributed by atoms with E-state index in [9.17, 15) is 8.78 Å². The summed E-state index contributed by atoms with van der Waals surface area (Å²) in [4.78, 5) is 7.18. The number of benzene rings is 2. The number of rotatable bonds is 6. The van der Waals surface area contributed by atoms with Gasteiger partial charge in [0.05, 0.1) is 17.4 Å². The Balaban J connectivity index is 1.42. The van der Waals surface area contributed by atoms with Crippen LogP contribution in [0.5, 0.6) is 0 Å². The van der Waals surface area contributed by atoms with Gasteiger partial charge in [-0.1, -0.05) is 50.3 Å². The number of H-pyrrole nitrogens is 1. The van der Waals surface area contributed by atoms with Gasteiger partial charge in [-0.15, -0.1) is 0 Å². The predicted octanol–water partition coefficient (Wildman–Crippen LogP) is 5.57. The first-order valence-electron chi connectivity index (χ1n) is 9.83. The van der Waals surface area contributed by atoms with Crippen molar-refractivity contribution in [2.75, 3.05) is 6.54 Å². The fraction of sp³-hybridized carbons (Fsp3) is 0.409. The zero-order valence-electron chi connectivity index (χ0n) is 15.4. The first kappa shape index (κ1) is 18.1. The number of hydrogen-bond acceptors (Lipinski definition) is 2. The molecule has 1 aromatic heterocycles. The van der Waals surface area contributed by atoms with Crippen LogP contribution in [0.3, 0.4) is 0 Å². The van der Waals surface area contributed by atoms with E-state index >= 15 is 0 Å². The third-order valence-electron chi connectivity index (χ3n) is 5.66. The van der Waals surface area contributed by atoms with E-state index in [1.54, 1.807) is 30.6 Å². The van der Waals surface area contributed by atoms with Crippen LogP contribution in [0.1, 0.15) is 44.1 Å². The maximum atomic E-state index is 14.6. The van der Waals surface area contributed by atoms with Gasteiger partial charge < -0.3 is 10.3 Å². The zero-order chi connectivity index (χ0) is 18.6. The highest BCUT2D eigenvalue weighted by molar-refractivity contribution is 5.81. The van der Waals surface area contributed by atoms with Gasteiger partial charge in [0.1, 0.15) is 0 Å². The number of imidazole rings is 1. The van der Waals surface area contributed by atoms with Gasteiger partial charge in [0, 0.05) is 17.7 Å². The predicted molar refractivity (Wildman–Crippen MR) is 104 cm³/mol. The Morgan fingerprint density at radius 1 is 1.04 bits per heavy atom. The second-order valence-electron chi connectivity index (χ2n) is 7.50. The van der Waals surface area contributed by atoms with Gasteiger partial charge in [-0.05, 0) is 36.6 Å². The van der Waals surface area contributed by atoms with Crippen LogP contribution in [-0.4, -0.2) is 16.5 Å². The number of fused-ring (bicyclic) bond motifs is 1. The first-order valence-corrected chi connectivity index (χ1v) is 9.83. The van der Waals surface area contributed by atoms with Gasteiger partial charge in [0.2, 0.25) is 0 Å². The van der Waals surface area contributed by atoms with Crippen LogP contribution >= 0.6 is 0 Å². The van der Waals surface area contributed by atoms with Crippen LogP contribution in [-0.2, 0) is 6.54 Å². The Labute approximate surface area is 158 Å². The summed E-state index contributed by atoms with van der Waals surface area (Å²) in [7, 11) is 0. The van der Waals surface area contributed by atoms with E-state index in [1.165, 1.54) is 32.1 Å². The van der Waals surface area contributed by atoms with E-state index in [-0.39, 0.29) is 5.56 Å². The minimum absolute atomic E-state index is 0.267. The summed E-state index contributed by atoms with van der Waals surface area (Å²) in [5, 5.41) is 3.28. The number of halogens is 2. The van der Waals surface area contributed by atoms with Gasteiger partial charge in [-0.25, -0.2) is 13.8 Å². The number of aromatic nitrogens is 2. The van der Waals surface area contributed by atoms with Crippen molar-refractivity contribution in [1.82, 2.24) is 15.3 Å². The van der Waals surface area contributed by atoms with E-state index in [1.807, 2.05) is 6.07 Å². The van der Waals surface area contributed by atoms with Crippen LogP contribution in [0.25, 0.3) is 22.2 Å². The smallest absolute Gasteiger partial charge is 0.166 e. The minimum atomic E-state index is -0.795. The molecule has 1 aliphatic carbocycles. The van der Waals surface area contributed by atoms with Crippen LogP contribution < -0.4 is 5.32 Å². The molecule has 0 radical (unpaired) electrons. The van der Waals surface area contributed by atoms with Crippen LogP contribution in [0.4, 0.5) is 8.78 Å². The van der Waals surface area contributed by atoms with Crippen molar-refractivity contribution in [1.29, 1.82) is 0 Å². The van der Waals surface area contributed by atoms with E-state index in [0.717, 1.165) is 29.9 Å². The Kier molecular flexibility index (Phi) is 5.48. The van der Waals surface area contributed by atoms with Crippen LogP contribution in [0, 0.1) is 17.6 Å². The molecule has 4 rings (SSSR count). The molecular weight excluding hydrogens is 344 g/mol. The molecule has 1 heterocycles. The number of nitrogens with zero attached hydrogens (tertiary/aromatic N) is 1. The summed E-state index contributed by atoms with van der Waals surface area (Å²) in [5.74, 6) is -0.775. The molecule has 1 saturated carbocycles. The number of aromatic amines is 1. The second kappa shape index (κ2) is 8.17. The van der Waals surface area contributed by atoms with Gasteiger partial charge in [0.15, 0.2) is 11.6 Å². The van der Waals surface area contributed by atoms with E-state index in [4.69, 9.17) is 0 Å². The maximum absolute atomic E-state index is 14.6. The van der Waals surface area contributed by atoms with E-state index in [0.29, 0.717) is 17.7 Å². The fourth-order valence-electron chi connectivity index (χ4n) is 4.05. The lowest BCUT2D eigenvalue weighted by Gasteiger charge is -2.21. The summed E-state index contributed by atoms with van der Waals surface area (Å²) in [5.41, 5.74) is 2.88. The number of nitrogens with one attached hydrogen (secondary N) is 2. The highest BCUT2D eigenvalue weighted by Crippen LogP contribution is 2.29. The topological polar surface area (TPSA) is 40.7 Å². The summed E-state index contributed by atoms with van der Waals surface area (Å²) in [6.45, 7) is 1.21. The molecule has 2 aromatic carbocycles. The highest BCUT2D eigenvalue weighted by atomic mass is 19.2. The van der Waals surface area contributed by atoms with Crippen LogP contribution in [0.2, 0.25) is 0 Å². The lowest BCUT2D eigenvalue weighted by atomic mass is 9.87. The Morgan fingerprint density at radius 2 is 1.89 bits per heavy atom. The lowest BCUT2D eigenvalue weighted by Crippen LogP contribution is -2.20. The lowest BCUT2D eigenvalue weighted by molar-refractivity contribution is 0.333. The van der Waals surface area contributed by atoms with Crippen molar-refractivity contribution >= 4 is 11.0 Å². The molecule has 3 nitrogen and oxygen atoms in total. The Hall–Kier alpha value is -2.27. The maximum Gasteiger partial charge on any atom is 0.166 e. The van der Waals surface area contributed by atoms with Crippen molar-refractivity contribution in [2.45, 2.75) is 45.1 Å². The monoisotopic (exact) mass is 369 g/mol. The molecule has 1 fully saturated rings. The molecule has 0 unspecified atom stereocenters. The van der Waals surface area contributed by atoms with Crippen molar-refractivity contribution in [3.05, 3.63) is 53.9 Å². The standard InChI is InChI=1S/C22H25F2N3/c23-21-17(13-25-11-10-15-4-2-1-3-5-15)6-8-18(22(21)24)16-7-9-19-20(12-16)27-14-26-19/h6-9,12,14-15,25H,1-5,10-11,13H2,(H,26,27). The van der Waals surface area contributed by atoms with Gasteiger partial charge in [0.25, 0.3) is 0 Å². The quantitative estimate of drug-likeness (QED) is 0.558. The molecule has 1 aliphatic rings. The molecule has 142 valence electrons. The third kappa shape index (κ3) is 4.03. The molecule has 3 aromatic rings. The van der Waals surface area contributed by atoms with E-state index < -0.39 is 11.6 Å². The van der Waals surface area contributed by atoms with Crippen molar-refractivity contribution in [3.8, 4) is 11.1 Å². The highest BCUT2D eigenvalue weighted by Gasteiger charge is 2.16. The largest absolute Gasteiger partial charge is 0.345 e. The Morgan fingerprint density at radius 3 is 2.74 bits per heavy atom. The van der Waals surface area contributed by atoms with Crippen molar-refractivity contribution in [2.24, 2.45) is 5.92 Å². The summed E-state index contributed by atoms with van der Waals surface area (Å²) in [6.07, 6.45) is 9.33. The molecule has 0 saturated heterocycles. The molecule has 27 heavy (non-hydrogen) atoms. The normalized spacial score (nSPS) is 15.5. The van der Waals surface area contributed by atoms with Crippen LogP contribution in [0.15, 0.2) is 36.7 Å². The average molecular weight is 369 g/mol. The fourth-order valence-corrected chi connectivity index (χ4v) is 4.05. The van der Waals surface area contributed by atoms with Gasteiger partial charge >= 0.3 is 0 Å². The molecule has 0 bridgehead atoms. The molecule has 5 heteroatoms. The molecule has 0 amide bonds. The molecule has 2 N–H and O–H groups in total. The summed E-state index contributed by atoms with van der Waals surface area (Å²) >= 11 is 0.